The van der Waals surface area contributed by atoms with Crippen LogP contribution >= 0.6 is 0 Å². The molecule has 0 amide bonds. The van der Waals surface area contributed by atoms with Crippen LogP contribution in [-0.4, -0.2) is 29.3 Å². The third-order valence-corrected chi connectivity index (χ3v) is 3.60. The summed E-state index contributed by atoms with van der Waals surface area (Å²) in [5, 5.41) is 12.5. The summed E-state index contributed by atoms with van der Waals surface area (Å²) in [6.07, 6.45) is 3.64. The van der Waals surface area contributed by atoms with Gasteiger partial charge in [0.1, 0.15) is 0 Å². The van der Waals surface area contributed by atoms with E-state index in [0.29, 0.717) is 5.76 Å². The van der Waals surface area contributed by atoms with Crippen LogP contribution in [0, 0.1) is 0 Å². The van der Waals surface area contributed by atoms with Gasteiger partial charge < -0.3 is 14.5 Å². The van der Waals surface area contributed by atoms with Crippen LogP contribution in [0.3, 0.4) is 0 Å². The first-order valence-electron chi connectivity index (χ1n) is 6.80. The number of aromatic carboxylic acids is 1. The Kier molecular flexibility index (Phi) is 3.41. The molecule has 0 bridgehead atoms. The summed E-state index contributed by atoms with van der Waals surface area (Å²) in [4.78, 5) is 13.2. The molecule has 0 spiro atoms. The van der Waals surface area contributed by atoms with E-state index >= 15 is 0 Å². The molecule has 1 saturated heterocycles. The van der Waals surface area contributed by atoms with Crippen molar-refractivity contribution in [3.05, 3.63) is 36.0 Å². The van der Waals surface area contributed by atoms with Crippen molar-refractivity contribution in [2.24, 2.45) is 0 Å². The molecule has 0 atom stereocenters. The first kappa shape index (κ1) is 12.7. The topological polar surface area (TPSA) is 66.6 Å². The average molecular weight is 272 g/mol. The number of carboxylic acid groups (broad SMARTS) is 1. The monoisotopic (exact) mass is 272 g/mol. The minimum Gasteiger partial charge on any atom is -0.476 e. The Bertz CT molecular complexity index is 615. The van der Waals surface area contributed by atoms with Gasteiger partial charge >= 0.3 is 5.97 Å². The molecule has 5 nitrogen and oxygen atoms in total. The molecule has 1 aliphatic rings. The van der Waals surface area contributed by atoms with Gasteiger partial charge in [-0.1, -0.05) is 17.3 Å². The van der Waals surface area contributed by atoms with Crippen LogP contribution in [0.4, 0.5) is 5.69 Å². The minimum atomic E-state index is -1.07. The summed E-state index contributed by atoms with van der Waals surface area (Å²) in [6, 6.07) is 9.37. The largest absolute Gasteiger partial charge is 0.476 e. The van der Waals surface area contributed by atoms with Gasteiger partial charge in [-0.25, -0.2) is 4.79 Å². The van der Waals surface area contributed by atoms with Gasteiger partial charge in [-0.2, -0.15) is 0 Å². The lowest BCUT2D eigenvalue weighted by Crippen LogP contribution is -2.29. The minimum absolute atomic E-state index is 0.0616. The summed E-state index contributed by atoms with van der Waals surface area (Å²) >= 11 is 0. The maximum absolute atomic E-state index is 10.9. The highest BCUT2D eigenvalue weighted by atomic mass is 16.5. The maximum Gasteiger partial charge on any atom is 0.358 e. The predicted octanol–water partition coefficient (Wildman–Crippen LogP) is 3.03. The number of para-hydroxylation sites is 1. The summed E-state index contributed by atoms with van der Waals surface area (Å²) < 4.78 is 5.19. The second-order valence-electron chi connectivity index (χ2n) is 4.95. The Morgan fingerprint density at radius 2 is 1.95 bits per heavy atom. The van der Waals surface area contributed by atoms with Crippen molar-refractivity contribution >= 4 is 11.7 Å². The van der Waals surface area contributed by atoms with Gasteiger partial charge in [0.25, 0.3) is 0 Å². The van der Waals surface area contributed by atoms with E-state index in [1.165, 1.54) is 25.3 Å². The van der Waals surface area contributed by atoms with E-state index < -0.39 is 5.97 Å². The normalized spacial score (nSPS) is 15.3. The van der Waals surface area contributed by atoms with E-state index in [1.54, 1.807) is 0 Å². The van der Waals surface area contributed by atoms with Crippen molar-refractivity contribution in [2.75, 3.05) is 18.0 Å². The number of rotatable bonds is 3. The Morgan fingerprint density at radius 1 is 1.20 bits per heavy atom. The standard InChI is InChI=1S/C15H16N2O3/c18-15(19)12-10-14(20-16-12)11-6-2-3-7-13(11)17-8-4-1-5-9-17/h2-3,6-7,10H,1,4-5,8-9H2,(H,18,19). The highest BCUT2D eigenvalue weighted by Crippen LogP contribution is 2.32. The molecule has 2 aromatic rings. The number of hydrogen-bond acceptors (Lipinski definition) is 4. The second-order valence-corrected chi connectivity index (χ2v) is 4.95. The lowest BCUT2D eigenvalue weighted by Gasteiger charge is -2.30. The number of hydrogen-bond donors (Lipinski definition) is 1. The molecule has 5 heteroatoms. The molecule has 0 aliphatic carbocycles. The van der Waals surface area contributed by atoms with E-state index in [-0.39, 0.29) is 5.69 Å². The Morgan fingerprint density at radius 3 is 2.65 bits per heavy atom. The zero-order valence-corrected chi connectivity index (χ0v) is 11.1. The number of aromatic nitrogens is 1. The molecule has 0 unspecified atom stereocenters. The quantitative estimate of drug-likeness (QED) is 0.930. The molecule has 1 aromatic carbocycles. The number of piperidine rings is 1. The van der Waals surface area contributed by atoms with Crippen LogP contribution in [0.5, 0.6) is 0 Å². The number of benzene rings is 1. The lowest BCUT2D eigenvalue weighted by molar-refractivity contribution is 0.0686. The Hall–Kier alpha value is -2.30. The zero-order valence-electron chi connectivity index (χ0n) is 11.1. The summed E-state index contributed by atoms with van der Waals surface area (Å²) in [7, 11) is 0. The van der Waals surface area contributed by atoms with Gasteiger partial charge in [0, 0.05) is 30.4 Å². The number of nitrogens with zero attached hydrogens (tertiary/aromatic N) is 2. The van der Waals surface area contributed by atoms with Crippen molar-refractivity contribution in [1.29, 1.82) is 0 Å². The molecule has 3 rings (SSSR count). The van der Waals surface area contributed by atoms with Crippen LogP contribution in [-0.2, 0) is 0 Å². The van der Waals surface area contributed by atoms with Gasteiger partial charge in [0.05, 0.1) is 0 Å². The van der Waals surface area contributed by atoms with Crippen LogP contribution < -0.4 is 4.90 Å². The third kappa shape index (κ3) is 2.39. The van der Waals surface area contributed by atoms with E-state index in [2.05, 4.69) is 10.1 Å². The second kappa shape index (κ2) is 5.36. The lowest BCUT2D eigenvalue weighted by atomic mass is 10.1. The molecule has 0 radical (unpaired) electrons. The molecule has 1 aliphatic heterocycles. The van der Waals surface area contributed by atoms with E-state index in [1.807, 2.05) is 24.3 Å². The summed E-state index contributed by atoms with van der Waals surface area (Å²) in [5.41, 5.74) is 1.92. The van der Waals surface area contributed by atoms with Crippen LogP contribution in [0.15, 0.2) is 34.9 Å². The molecule has 1 fully saturated rings. The highest BCUT2D eigenvalue weighted by molar-refractivity contribution is 5.87. The molecule has 1 N–H and O–H groups in total. The smallest absolute Gasteiger partial charge is 0.358 e. The first-order chi connectivity index (χ1) is 9.75. The zero-order chi connectivity index (χ0) is 13.9. The molecule has 104 valence electrons. The van der Waals surface area contributed by atoms with Crippen molar-refractivity contribution in [3.8, 4) is 11.3 Å². The fourth-order valence-electron chi connectivity index (χ4n) is 2.60. The van der Waals surface area contributed by atoms with Gasteiger partial charge in [-0.05, 0) is 31.4 Å². The number of carboxylic acids is 1. The van der Waals surface area contributed by atoms with Crippen molar-refractivity contribution in [3.63, 3.8) is 0 Å². The molecule has 1 aromatic heterocycles. The molecular formula is C15H16N2O3. The van der Waals surface area contributed by atoms with Crippen LogP contribution in [0.2, 0.25) is 0 Å². The summed E-state index contributed by atoms with van der Waals surface area (Å²) in [5.74, 6) is -0.570. The number of anilines is 1. The van der Waals surface area contributed by atoms with E-state index in [0.717, 1.165) is 24.3 Å². The molecule has 20 heavy (non-hydrogen) atoms. The van der Waals surface area contributed by atoms with Crippen LogP contribution in [0.25, 0.3) is 11.3 Å². The van der Waals surface area contributed by atoms with Crippen molar-refractivity contribution < 1.29 is 14.4 Å². The Balaban J connectivity index is 1.97. The highest BCUT2D eigenvalue weighted by Gasteiger charge is 2.19. The predicted molar refractivity (Wildman–Crippen MR) is 75.0 cm³/mol. The molecular weight excluding hydrogens is 256 g/mol. The van der Waals surface area contributed by atoms with Crippen LogP contribution in [0.1, 0.15) is 29.8 Å². The van der Waals surface area contributed by atoms with E-state index in [4.69, 9.17) is 9.63 Å². The third-order valence-electron chi connectivity index (χ3n) is 3.60. The van der Waals surface area contributed by atoms with Gasteiger partial charge in [-0.3, -0.25) is 0 Å². The maximum atomic E-state index is 10.9. The van der Waals surface area contributed by atoms with Gasteiger partial charge in [-0.15, -0.1) is 0 Å². The number of carbonyl (C=O) groups is 1. The fraction of sp³-hybridized carbons (Fsp3) is 0.333. The first-order valence-corrected chi connectivity index (χ1v) is 6.80. The molecule has 0 saturated carbocycles. The van der Waals surface area contributed by atoms with Crippen molar-refractivity contribution in [1.82, 2.24) is 5.16 Å². The Labute approximate surface area is 116 Å². The average Bonchev–Trinajstić information content (AvgIpc) is 2.98. The van der Waals surface area contributed by atoms with Gasteiger partial charge in [0.2, 0.25) is 0 Å². The fourth-order valence-corrected chi connectivity index (χ4v) is 2.60. The van der Waals surface area contributed by atoms with Crippen molar-refractivity contribution in [2.45, 2.75) is 19.3 Å². The van der Waals surface area contributed by atoms with E-state index in [9.17, 15) is 4.79 Å². The molecule has 2 heterocycles. The van der Waals surface area contributed by atoms with Gasteiger partial charge in [0.15, 0.2) is 11.5 Å². The SMILES string of the molecule is O=C(O)c1cc(-c2ccccc2N2CCCCC2)on1. The summed E-state index contributed by atoms with van der Waals surface area (Å²) in [6.45, 7) is 2.05.